The number of halogens is 1. The summed E-state index contributed by atoms with van der Waals surface area (Å²) in [5, 5.41) is 4.61. The lowest BCUT2D eigenvalue weighted by Gasteiger charge is -2.06. The second-order valence-electron chi connectivity index (χ2n) is 3.63. The zero-order chi connectivity index (χ0) is 12.4. The predicted molar refractivity (Wildman–Crippen MR) is 69.2 cm³/mol. The average molecular weight is 270 g/mol. The minimum absolute atomic E-state index is 0.314. The molecule has 2 N–H and O–H groups in total. The molecule has 90 valence electrons. The number of anilines is 1. The van der Waals surface area contributed by atoms with Gasteiger partial charge in [-0.3, -0.25) is 8.89 Å². The SMILES string of the molecule is Cn1ccc(CS(=O)c2c(N)cccc2Cl)n1. The molecule has 0 amide bonds. The highest BCUT2D eigenvalue weighted by atomic mass is 35.5. The molecule has 0 aliphatic rings. The maximum atomic E-state index is 12.2. The summed E-state index contributed by atoms with van der Waals surface area (Å²) in [6, 6.07) is 6.94. The van der Waals surface area contributed by atoms with Crippen molar-refractivity contribution in [1.82, 2.24) is 9.78 Å². The number of aromatic nitrogens is 2. The number of nitrogens with two attached hydrogens (primary N) is 1. The highest BCUT2D eigenvalue weighted by Gasteiger charge is 2.13. The molecule has 0 fully saturated rings. The molecule has 2 aromatic rings. The van der Waals surface area contributed by atoms with Gasteiger partial charge in [0.25, 0.3) is 0 Å². The normalized spacial score (nSPS) is 12.6. The standard InChI is InChI=1S/C11H12ClN3OS/c1-15-6-5-8(14-15)7-17(16)11-9(12)3-2-4-10(11)13/h2-6H,7,13H2,1H3. The van der Waals surface area contributed by atoms with E-state index in [4.69, 9.17) is 17.3 Å². The van der Waals surface area contributed by atoms with Gasteiger partial charge in [-0.1, -0.05) is 17.7 Å². The minimum Gasteiger partial charge on any atom is -0.398 e. The number of hydrogen-bond donors (Lipinski definition) is 1. The largest absolute Gasteiger partial charge is 0.398 e. The van der Waals surface area contributed by atoms with Crippen LogP contribution in [0.2, 0.25) is 5.02 Å². The van der Waals surface area contributed by atoms with Crippen LogP contribution in [0, 0.1) is 0 Å². The molecule has 0 radical (unpaired) electrons. The lowest BCUT2D eigenvalue weighted by molar-refractivity contribution is 0.681. The summed E-state index contributed by atoms with van der Waals surface area (Å²) >= 11 is 6.00. The van der Waals surface area contributed by atoms with Gasteiger partial charge in [-0.15, -0.1) is 0 Å². The van der Waals surface area contributed by atoms with Crippen LogP contribution in [0.4, 0.5) is 5.69 Å². The molecule has 0 bridgehead atoms. The first kappa shape index (κ1) is 12.1. The van der Waals surface area contributed by atoms with Gasteiger partial charge in [0.2, 0.25) is 0 Å². The molecule has 0 saturated carbocycles. The molecule has 17 heavy (non-hydrogen) atoms. The van der Waals surface area contributed by atoms with E-state index < -0.39 is 10.8 Å². The number of aryl methyl sites for hydroxylation is 1. The Morgan fingerprint density at radius 3 is 2.82 bits per heavy atom. The molecular weight excluding hydrogens is 258 g/mol. The van der Waals surface area contributed by atoms with E-state index in [1.54, 1.807) is 22.9 Å². The van der Waals surface area contributed by atoms with Crippen molar-refractivity contribution in [3.63, 3.8) is 0 Å². The number of rotatable bonds is 3. The van der Waals surface area contributed by atoms with Crippen LogP contribution >= 0.6 is 11.6 Å². The Morgan fingerprint density at radius 1 is 1.47 bits per heavy atom. The average Bonchev–Trinajstić information content (AvgIpc) is 2.63. The molecule has 1 aromatic carbocycles. The lowest BCUT2D eigenvalue weighted by atomic mass is 10.3. The van der Waals surface area contributed by atoms with Crippen LogP contribution in [-0.2, 0) is 23.6 Å². The van der Waals surface area contributed by atoms with Gasteiger partial charge in [-0.05, 0) is 18.2 Å². The monoisotopic (exact) mass is 269 g/mol. The quantitative estimate of drug-likeness (QED) is 0.867. The molecule has 0 aliphatic heterocycles. The van der Waals surface area contributed by atoms with Crippen LogP contribution in [0.5, 0.6) is 0 Å². The second-order valence-corrected chi connectivity index (χ2v) is 5.42. The third-order valence-corrected chi connectivity index (χ3v) is 4.17. The van der Waals surface area contributed by atoms with Crippen LogP contribution in [0.15, 0.2) is 35.4 Å². The number of nitrogens with zero attached hydrogens (tertiary/aromatic N) is 2. The van der Waals surface area contributed by atoms with Gasteiger partial charge in [0.1, 0.15) is 0 Å². The summed E-state index contributed by atoms with van der Waals surface area (Å²) in [6.45, 7) is 0. The Morgan fingerprint density at radius 2 is 2.24 bits per heavy atom. The molecule has 4 nitrogen and oxygen atoms in total. The fourth-order valence-electron chi connectivity index (χ4n) is 1.51. The third-order valence-electron chi connectivity index (χ3n) is 2.27. The first-order chi connectivity index (χ1) is 8.08. The van der Waals surface area contributed by atoms with Gasteiger partial charge in [0, 0.05) is 18.9 Å². The zero-order valence-corrected chi connectivity index (χ0v) is 10.8. The van der Waals surface area contributed by atoms with Crippen LogP contribution in [-0.4, -0.2) is 14.0 Å². The summed E-state index contributed by atoms with van der Waals surface area (Å²) in [5.41, 5.74) is 6.98. The first-order valence-corrected chi connectivity index (χ1v) is 6.68. The number of nitrogen functional groups attached to an aromatic ring is 1. The molecule has 1 unspecified atom stereocenters. The summed E-state index contributed by atoms with van der Waals surface area (Å²) in [7, 11) is 0.539. The molecule has 2 rings (SSSR count). The summed E-state index contributed by atoms with van der Waals surface area (Å²) in [5.74, 6) is 0.314. The van der Waals surface area contributed by atoms with Gasteiger partial charge < -0.3 is 5.73 Å². The second kappa shape index (κ2) is 4.89. The Labute approximate surface area is 107 Å². The van der Waals surface area contributed by atoms with Crippen molar-refractivity contribution >= 4 is 28.1 Å². The number of hydrogen-bond acceptors (Lipinski definition) is 3. The van der Waals surface area contributed by atoms with Gasteiger partial charge in [-0.2, -0.15) is 5.10 Å². The first-order valence-electron chi connectivity index (χ1n) is 4.99. The van der Waals surface area contributed by atoms with E-state index in [1.807, 2.05) is 19.3 Å². The van der Waals surface area contributed by atoms with Crippen molar-refractivity contribution < 1.29 is 4.21 Å². The highest BCUT2D eigenvalue weighted by molar-refractivity contribution is 7.84. The van der Waals surface area contributed by atoms with E-state index in [9.17, 15) is 4.21 Å². The van der Waals surface area contributed by atoms with Crippen molar-refractivity contribution in [1.29, 1.82) is 0 Å². The molecule has 6 heteroatoms. The summed E-state index contributed by atoms with van der Waals surface area (Å²) in [4.78, 5) is 0.486. The molecule has 1 atom stereocenters. The predicted octanol–water partition coefficient (Wildman–Crippen LogP) is 1.96. The summed E-state index contributed by atoms with van der Waals surface area (Å²) < 4.78 is 13.8. The van der Waals surface area contributed by atoms with Gasteiger partial charge in [0.15, 0.2) is 0 Å². The smallest absolute Gasteiger partial charge is 0.0807 e. The zero-order valence-electron chi connectivity index (χ0n) is 9.26. The maximum absolute atomic E-state index is 12.2. The van der Waals surface area contributed by atoms with Crippen LogP contribution < -0.4 is 5.73 Å². The minimum atomic E-state index is -1.28. The number of benzene rings is 1. The fraction of sp³-hybridized carbons (Fsp3) is 0.182. The molecular formula is C11H12ClN3OS. The third kappa shape index (κ3) is 2.68. The fourth-order valence-corrected chi connectivity index (χ4v) is 3.14. The van der Waals surface area contributed by atoms with E-state index in [-0.39, 0.29) is 0 Å². The molecule has 0 saturated heterocycles. The lowest BCUT2D eigenvalue weighted by Crippen LogP contribution is -2.02. The Bertz CT molecular complexity index is 547. The Kier molecular flexibility index (Phi) is 3.49. The van der Waals surface area contributed by atoms with Crippen molar-refractivity contribution in [2.75, 3.05) is 5.73 Å². The van der Waals surface area contributed by atoms with Crippen molar-refractivity contribution in [3.05, 3.63) is 41.2 Å². The van der Waals surface area contributed by atoms with Crippen molar-refractivity contribution in [2.24, 2.45) is 7.05 Å². The summed E-state index contributed by atoms with van der Waals surface area (Å²) in [6.07, 6.45) is 1.81. The molecule has 0 spiro atoms. The Hall–Kier alpha value is -1.33. The maximum Gasteiger partial charge on any atom is 0.0807 e. The Balaban J connectivity index is 2.26. The van der Waals surface area contributed by atoms with E-state index in [1.165, 1.54) is 0 Å². The van der Waals surface area contributed by atoms with Crippen LogP contribution in [0.1, 0.15) is 5.69 Å². The van der Waals surface area contributed by atoms with Gasteiger partial charge in [0.05, 0.1) is 32.2 Å². The van der Waals surface area contributed by atoms with Crippen molar-refractivity contribution in [3.8, 4) is 0 Å². The van der Waals surface area contributed by atoms with Gasteiger partial charge in [-0.25, -0.2) is 0 Å². The van der Waals surface area contributed by atoms with Crippen molar-refractivity contribution in [2.45, 2.75) is 10.6 Å². The van der Waals surface area contributed by atoms with Crippen LogP contribution in [0.3, 0.4) is 0 Å². The van der Waals surface area contributed by atoms with Crippen LogP contribution in [0.25, 0.3) is 0 Å². The van der Waals surface area contributed by atoms with E-state index in [2.05, 4.69) is 5.10 Å². The van der Waals surface area contributed by atoms with Gasteiger partial charge >= 0.3 is 0 Å². The van der Waals surface area contributed by atoms with E-state index >= 15 is 0 Å². The molecule has 0 aliphatic carbocycles. The van der Waals surface area contributed by atoms with E-state index in [0.717, 1.165) is 5.69 Å². The molecule has 1 aromatic heterocycles. The highest BCUT2D eigenvalue weighted by Crippen LogP contribution is 2.26. The van der Waals surface area contributed by atoms with E-state index in [0.29, 0.717) is 21.4 Å². The molecule has 1 heterocycles. The topological polar surface area (TPSA) is 60.9 Å².